The molecule has 28 heavy (non-hydrogen) atoms. The number of ether oxygens (including phenoxy) is 1. The average Bonchev–Trinajstić information content (AvgIpc) is 3.04. The van der Waals surface area contributed by atoms with Gasteiger partial charge in [-0.2, -0.15) is 0 Å². The zero-order chi connectivity index (χ0) is 19.5. The van der Waals surface area contributed by atoms with Crippen molar-refractivity contribution in [2.24, 2.45) is 0 Å². The third kappa shape index (κ3) is 4.04. The number of amides is 1. The lowest BCUT2D eigenvalue weighted by Crippen LogP contribution is -2.38. The summed E-state index contributed by atoms with van der Waals surface area (Å²) in [7, 11) is 0. The first kappa shape index (κ1) is 18.6. The van der Waals surface area contributed by atoms with Gasteiger partial charge in [0, 0.05) is 11.4 Å². The molecule has 1 saturated carbocycles. The molecule has 0 aliphatic heterocycles. The first-order valence-electron chi connectivity index (χ1n) is 9.79. The van der Waals surface area contributed by atoms with Crippen LogP contribution in [-0.2, 0) is 6.61 Å². The molecule has 5 nitrogen and oxygen atoms in total. The van der Waals surface area contributed by atoms with E-state index in [1.165, 1.54) is 0 Å². The van der Waals surface area contributed by atoms with Crippen LogP contribution in [0, 0.1) is 6.92 Å². The van der Waals surface area contributed by atoms with Crippen LogP contribution in [0.5, 0.6) is 5.75 Å². The lowest BCUT2D eigenvalue weighted by molar-refractivity contribution is 0.0867. The molecule has 1 heterocycles. The molecule has 0 bridgehead atoms. The third-order valence-corrected chi connectivity index (χ3v) is 5.34. The second-order valence-electron chi connectivity index (χ2n) is 7.44. The first-order valence-corrected chi connectivity index (χ1v) is 9.79. The zero-order valence-corrected chi connectivity index (χ0v) is 16.0. The van der Waals surface area contributed by atoms with Crippen LogP contribution >= 0.6 is 0 Å². The van der Waals surface area contributed by atoms with Crippen molar-refractivity contribution in [2.45, 2.75) is 51.4 Å². The Morgan fingerprint density at radius 1 is 1.14 bits per heavy atom. The second kappa shape index (κ2) is 8.07. The van der Waals surface area contributed by atoms with Gasteiger partial charge in [0.05, 0.1) is 11.7 Å². The Balaban J connectivity index is 1.52. The van der Waals surface area contributed by atoms with E-state index in [-0.39, 0.29) is 18.1 Å². The molecule has 4 rings (SSSR count). The van der Waals surface area contributed by atoms with Gasteiger partial charge < -0.3 is 19.6 Å². The summed E-state index contributed by atoms with van der Waals surface area (Å²) in [4.78, 5) is 12.9. The van der Waals surface area contributed by atoms with Crippen LogP contribution in [-0.4, -0.2) is 23.2 Å². The van der Waals surface area contributed by atoms with Crippen molar-refractivity contribution in [3.8, 4) is 5.75 Å². The van der Waals surface area contributed by atoms with Crippen molar-refractivity contribution in [1.29, 1.82) is 0 Å². The van der Waals surface area contributed by atoms with Gasteiger partial charge in [-0.05, 0) is 56.4 Å². The van der Waals surface area contributed by atoms with Crippen LogP contribution in [0.15, 0.2) is 52.9 Å². The van der Waals surface area contributed by atoms with Crippen LogP contribution in [0.4, 0.5) is 0 Å². The number of benzene rings is 2. The normalized spacial score (nSPS) is 19.5. The predicted octanol–water partition coefficient (Wildman–Crippen LogP) is 4.35. The minimum atomic E-state index is -0.242. The molecule has 0 spiro atoms. The highest BCUT2D eigenvalue weighted by molar-refractivity contribution is 6.07. The fraction of sp³-hybridized carbons (Fsp3) is 0.348. The van der Waals surface area contributed by atoms with Crippen LogP contribution in [0.25, 0.3) is 11.0 Å². The van der Waals surface area contributed by atoms with E-state index in [0.29, 0.717) is 29.3 Å². The summed E-state index contributed by atoms with van der Waals surface area (Å²) in [6.07, 6.45) is 2.82. The number of rotatable bonds is 5. The van der Waals surface area contributed by atoms with Crippen molar-refractivity contribution in [2.75, 3.05) is 0 Å². The van der Waals surface area contributed by atoms with E-state index in [9.17, 15) is 9.90 Å². The maximum atomic E-state index is 12.9. The molecule has 3 aromatic rings. The largest absolute Gasteiger partial charge is 0.489 e. The highest BCUT2D eigenvalue weighted by Gasteiger charge is 2.24. The molecule has 1 aliphatic carbocycles. The number of hydrogen-bond acceptors (Lipinski definition) is 4. The minimum absolute atomic E-state index is 0.0952. The molecule has 2 N–H and O–H groups in total. The SMILES string of the molecule is Cc1oc2ccc(OCc3ccccc3)cc2c1C(=O)N[C@H]1CC[C@@H](O)CC1. The summed E-state index contributed by atoms with van der Waals surface area (Å²) in [6, 6.07) is 15.6. The molecule has 0 saturated heterocycles. The summed E-state index contributed by atoms with van der Waals surface area (Å²) in [5, 5.41) is 13.5. The Hall–Kier alpha value is -2.79. The monoisotopic (exact) mass is 379 g/mol. The molecule has 0 atom stereocenters. The standard InChI is InChI=1S/C23H25NO4/c1-15-22(23(26)24-17-7-9-18(25)10-8-17)20-13-19(11-12-21(20)28-15)27-14-16-5-3-2-4-6-16/h2-6,11-13,17-18,25H,7-10,14H2,1H3,(H,24,26)/t17-,18+. The van der Waals surface area contributed by atoms with E-state index in [4.69, 9.17) is 9.15 Å². The summed E-state index contributed by atoms with van der Waals surface area (Å²) in [5.74, 6) is 1.17. The minimum Gasteiger partial charge on any atom is -0.489 e. The summed E-state index contributed by atoms with van der Waals surface area (Å²) in [6.45, 7) is 2.28. The van der Waals surface area contributed by atoms with Gasteiger partial charge in [0.25, 0.3) is 5.91 Å². The van der Waals surface area contributed by atoms with Crippen molar-refractivity contribution in [3.05, 3.63) is 65.4 Å². The van der Waals surface area contributed by atoms with Gasteiger partial charge in [0.1, 0.15) is 23.7 Å². The lowest BCUT2D eigenvalue weighted by atomic mass is 9.93. The van der Waals surface area contributed by atoms with Crippen LogP contribution in [0.1, 0.15) is 47.4 Å². The molecule has 5 heteroatoms. The number of carbonyl (C=O) groups excluding carboxylic acids is 1. The number of carbonyl (C=O) groups is 1. The topological polar surface area (TPSA) is 71.7 Å². The van der Waals surface area contributed by atoms with Crippen molar-refractivity contribution < 1.29 is 19.1 Å². The lowest BCUT2D eigenvalue weighted by Gasteiger charge is -2.26. The molecule has 0 radical (unpaired) electrons. The maximum absolute atomic E-state index is 12.9. The van der Waals surface area contributed by atoms with E-state index in [1.54, 1.807) is 0 Å². The van der Waals surface area contributed by atoms with Gasteiger partial charge in [-0.25, -0.2) is 0 Å². The fourth-order valence-electron chi connectivity index (χ4n) is 3.79. The Bertz CT molecular complexity index is 955. The van der Waals surface area contributed by atoms with Gasteiger partial charge >= 0.3 is 0 Å². The Labute approximate surface area is 164 Å². The first-order chi connectivity index (χ1) is 13.6. The predicted molar refractivity (Wildman–Crippen MR) is 107 cm³/mol. The number of aliphatic hydroxyl groups excluding tert-OH is 1. The van der Waals surface area contributed by atoms with Crippen LogP contribution in [0.3, 0.4) is 0 Å². The molecule has 1 aliphatic rings. The summed E-state index contributed by atoms with van der Waals surface area (Å²) < 4.78 is 11.7. The van der Waals surface area contributed by atoms with Crippen molar-refractivity contribution in [1.82, 2.24) is 5.32 Å². The van der Waals surface area contributed by atoms with Crippen LogP contribution in [0.2, 0.25) is 0 Å². The van der Waals surface area contributed by atoms with E-state index in [2.05, 4.69) is 5.32 Å². The number of fused-ring (bicyclic) bond motifs is 1. The van der Waals surface area contributed by atoms with Gasteiger partial charge in [-0.3, -0.25) is 4.79 Å². The maximum Gasteiger partial charge on any atom is 0.255 e. The Morgan fingerprint density at radius 3 is 2.64 bits per heavy atom. The fourth-order valence-corrected chi connectivity index (χ4v) is 3.79. The second-order valence-corrected chi connectivity index (χ2v) is 7.44. The number of nitrogens with one attached hydrogen (secondary N) is 1. The molecular weight excluding hydrogens is 354 g/mol. The third-order valence-electron chi connectivity index (χ3n) is 5.34. The quantitative estimate of drug-likeness (QED) is 0.691. The Morgan fingerprint density at radius 2 is 1.89 bits per heavy atom. The molecule has 1 aromatic heterocycles. The number of aryl methyl sites for hydroxylation is 1. The number of hydrogen-bond donors (Lipinski definition) is 2. The average molecular weight is 379 g/mol. The molecular formula is C23H25NO4. The number of aliphatic hydroxyl groups is 1. The van der Waals surface area contributed by atoms with Gasteiger partial charge in [-0.15, -0.1) is 0 Å². The smallest absolute Gasteiger partial charge is 0.255 e. The van der Waals surface area contributed by atoms with Crippen molar-refractivity contribution >= 4 is 16.9 Å². The van der Waals surface area contributed by atoms with E-state index in [1.807, 2.05) is 55.5 Å². The highest BCUT2D eigenvalue weighted by Crippen LogP contribution is 2.30. The van der Waals surface area contributed by atoms with Gasteiger partial charge in [0.2, 0.25) is 0 Å². The molecule has 1 fully saturated rings. The zero-order valence-electron chi connectivity index (χ0n) is 16.0. The van der Waals surface area contributed by atoms with Crippen molar-refractivity contribution in [3.63, 3.8) is 0 Å². The summed E-state index contributed by atoms with van der Waals surface area (Å²) in [5.41, 5.74) is 2.32. The highest BCUT2D eigenvalue weighted by atomic mass is 16.5. The molecule has 146 valence electrons. The Kier molecular flexibility index (Phi) is 5.35. The van der Waals surface area contributed by atoms with Gasteiger partial charge in [-0.1, -0.05) is 30.3 Å². The van der Waals surface area contributed by atoms with E-state index >= 15 is 0 Å². The molecule has 1 amide bonds. The molecule has 2 aromatic carbocycles. The van der Waals surface area contributed by atoms with E-state index < -0.39 is 0 Å². The number of furan rings is 1. The van der Waals surface area contributed by atoms with Crippen LogP contribution < -0.4 is 10.1 Å². The van der Waals surface area contributed by atoms with Gasteiger partial charge in [0.15, 0.2) is 0 Å². The summed E-state index contributed by atoms with van der Waals surface area (Å²) >= 11 is 0. The molecule has 0 unspecified atom stereocenters. The van der Waals surface area contributed by atoms with E-state index in [0.717, 1.165) is 36.6 Å².